The molecule has 0 aliphatic heterocycles. The maximum atomic E-state index is 13.4. The average molecular weight is 534 g/mol. The third-order valence-corrected chi connectivity index (χ3v) is 5.79. The number of esters is 1. The van der Waals surface area contributed by atoms with Gasteiger partial charge in [0, 0.05) is 37.0 Å². The number of nitro groups is 1. The maximum Gasteiger partial charge on any atom is 0.341 e. The first-order valence-electron chi connectivity index (χ1n) is 12.4. The fraction of sp³-hybridized carbons (Fsp3) is 0.296. The summed E-state index contributed by atoms with van der Waals surface area (Å²) in [5, 5.41) is 11.2. The van der Waals surface area contributed by atoms with E-state index in [1.54, 1.807) is 35.9 Å². The highest BCUT2D eigenvalue weighted by Gasteiger charge is 2.20. The van der Waals surface area contributed by atoms with Crippen molar-refractivity contribution in [2.75, 3.05) is 13.2 Å². The van der Waals surface area contributed by atoms with E-state index in [0.717, 1.165) is 0 Å². The topological polar surface area (TPSA) is 147 Å². The molecule has 0 aliphatic rings. The van der Waals surface area contributed by atoms with Gasteiger partial charge in [0.05, 0.1) is 23.0 Å². The summed E-state index contributed by atoms with van der Waals surface area (Å²) in [5.41, 5.74) is -0.0162. The molecule has 4 rings (SSSR count). The van der Waals surface area contributed by atoms with E-state index in [1.165, 1.54) is 34.7 Å². The number of hydrogen-bond acceptors (Lipinski definition) is 8. The van der Waals surface area contributed by atoms with Crippen LogP contribution in [0.2, 0.25) is 0 Å². The second-order valence-electron chi connectivity index (χ2n) is 8.83. The van der Waals surface area contributed by atoms with Gasteiger partial charge in [-0.2, -0.15) is 4.99 Å². The summed E-state index contributed by atoms with van der Waals surface area (Å²) in [6.45, 7) is 6.10. The van der Waals surface area contributed by atoms with Gasteiger partial charge >= 0.3 is 5.97 Å². The van der Waals surface area contributed by atoms with Crippen molar-refractivity contribution in [3.63, 3.8) is 0 Å². The molecule has 12 heteroatoms. The lowest BCUT2D eigenvalue weighted by atomic mass is 10.2. The molecule has 39 heavy (non-hydrogen) atoms. The molecule has 0 saturated heterocycles. The van der Waals surface area contributed by atoms with Gasteiger partial charge in [0.15, 0.2) is 5.49 Å². The number of aryl methyl sites for hydroxylation is 1. The highest BCUT2D eigenvalue weighted by atomic mass is 16.6. The van der Waals surface area contributed by atoms with Crippen molar-refractivity contribution in [3.05, 3.63) is 91.8 Å². The Morgan fingerprint density at radius 1 is 1.15 bits per heavy atom. The molecule has 3 heterocycles. The normalized spacial score (nSPS) is 11.8. The van der Waals surface area contributed by atoms with Crippen LogP contribution in [0.4, 0.5) is 5.69 Å². The Labute approximate surface area is 222 Å². The van der Waals surface area contributed by atoms with Crippen LogP contribution in [-0.4, -0.2) is 50.1 Å². The molecule has 202 valence electrons. The second kappa shape index (κ2) is 11.8. The molecule has 3 aromatic heterocycles. The molecule has 0 aliphatic carbocycles. The molecular weight excluding hydrogens is 506 g/mol. The summed E-state index contributed by atoms with van der Waals surface area (Å²) in [4.78, 5) is 59.0. The Hall–Kier alpha value is -4.71. The van der Waals surface area contributed by atoms with Crippen LogP contribution in [0, 0.1) is 10.1 Å². The molecule has 0 bridgehead atoms. The molecular formula is C27H27N5O7. The zero-order valence-corrected chi connectivity index (χ0v) is 21.7. The zero-order valence-electron chi connectivity index (χ0n) is 21.7. The first kappa shape index (κ1) is 27.3. The Morgan fingerprint density at radius 2 is 1.90 bits per heavy atom. The molecule has 0 fully saturated rings. The van der Waals surface area contributed by atoms with Crippen LogP contribution >= 0.6 is 0 Å². The van der Waals surface area contributed by atoms with E-state index in [0.29, 0.717) is 18.7 Å². The van der Waals surface area contributed by atoms with E-state index in [4.69, 9.17) is 9.47 Å². The molecule has 0 spiro atoms. The van der Waals surface area contributed by atoms with Crippen molar-refractivity contribution in [1.82, 2.24) is 14.0 Å². The van der Waals surface area contributed by atoms with Crippen molar-refractivity contribution in [3.8, 4) is 0 Å². The van der Waals surface area contributed by atoms with Crippen LogP contribution in [0.5, 0.6) is 0 Å². The number of carbonyl (C=O) groups excluding carboxylic acids is 2. The Kier molecular flexibility index (Phi) is 8.25. The minimum absolute atomic E-state index is 0.00260. The third kappa shape index (κ3) is 5.91. The Morgan fingerprint density at radius 3 is 2.56 bits per heavy atom. The number of ether oxygens (including phenoxy) is 2. The minimum Gasteiger partial charge on any atom is -0.462 e. The van der Waals surface area contributed by atoms with Crippen molar-refractivity contribution < 1.29 is 24.0 Å². The molecule has 0 N–H and O–H groups in total. The Balaban J connectivity index is 2.00. The van der Waals surface area contributed by atoms with Crippen LogP contribution in [0.15, 0.2) is 64.5 Å². The van der Waals surface area contributed by atoms with Crippen LogP contribution in [0.3, 0.4) is 0 Å². The first-order chi connectivity index (χ1) is 18.7. The summed E-state index contributed by atoms with van der Waals surface area (Å²) in [5.74, 6) is -1.50. The molecule has 0 radical (unpaired) electrons. The fourth-order valence-corrected chi connectivity index (χ4v) is 4.00. The molecule has 4 aromatic rings. The molecule has 0 atom stereocenters. The van der Waals surface area contributed by atoms with Gasteiger partial charge in [-0.15, -0.1) is 0 Å². The number of nitro benzene ring substituents is 1. The largest absolute Gasteiger partial charge is 0.462 e. The van der Waals surface area contributed by atoms with E-state index >= 15 is 0 Å². The van der Waals surface area contributed by atoms with Gasteiger partial charge in [0.25, 0.3) is 17.2 Å². The highest BCUT2D eigenvalue weighted by Crippen LogP contribution is 2.15. The lowest BCUT2D eigenvalue weighted by Crippen LogP contribution is -2.33. The number of aromatic nitrogens is 3. The number of benzene rings is 1. The van der Waals surface area contributed by atoms with Gasteiger partial charge in [-0.05, 0) is 57.5 Å². The van der Waals surface area contributed by atoms with Crippen molar-refractivity contribution in [1.29, 1.82) is 0 Å². The average Bonchev–Trinajstić information content (AvgIpc) is 2.92. The van der Waals surface area contributed by atoms with Crippen LogP contribution < -0.4 is 11.0 Å². The summed E-state index contributed by atoms with van der Waals surface area (Å²) in [6, 6.07) is 11.4. The fourth-order valence-electron chi connectivity index (χ4n) is 4.00. The minimum atomic E-state index is -0.764. The predicted molar refractivity (Wildman–Crippen MR) is 142 cm³/mol. The first-order valence-corrected chi connectivity index (χ1v) is 12.4. The number of carbonyl (C=O) groups is 2. The van der Waals surface area contributed by atoms with E-state index in [1.807, 2.05) is 13.8 Å². The number of fused-ring (bicyclic) bond motifs is 2. The number of non-ortho nitro benzene ring substituents is 1. The molecule has 1 amide bonds. The summed E-state index contributed by atoms with van der Waals surface area (Å²) >= 11 is 0. The number of rotatable bonds is 9. The number of hydrogen-bond donors (Lipinski definition) is 0. The van der Waals surface area contributed by atoms with Gasteiger partial charge in [-0.1, -0.05) is 6.07 Å². The zero-order chi connectivity index (χ0) is 28.1. The van der Waals surface area contributed by atoms with Gasteiger partial charge < -0.3 is 14.0 Å². The van der Waals surface area contributed by atoms with Gasteiger partial charge in [-0.3, -0.25) is 24.1 Å². The summed E-state index contributed by atoms with van der Waals surface area (Å²) < 4.78 is 13.8. The molecule has 0 saturated carbocycles. The van der Waals surface area contributed by atoms with Crippen LogP contribution in [0.25, 0.3) is 16.7 Å². The number of nitrogens with zero attached hydrogens (tertiary/aromatic N) is 5. The van der Waals surface area contributed by atoms with E-state index < -0.39 is 22.4 Å². The van der Waals surface area contributed by atoms with Crippen molar-refractivity contribution in [2.45, 2.75) is 39.8 Å². The lowest BCUT2D eigenvalue weighted by Gasteiger charge is -2.15. The number of amides is 1. The number of pyridine rings is 2. The summed E-state index contributed by atoms with van der Waals surface area (Å²) in [7, 11) is 0. The second-order valence-corrected chi connectivity index (χ2v) is 8.83. The van der Waals surface area contributed by atoms with E-state index in [2.05, 4.69) is 9.98 Å². The quantitative estimate of drug-likeness (QED) is 0.105. The smallest absolute Gasteiger partial charge is 0.341 e. The van der Waals surface area contributed by atoms with Gasteiger partial charge in [-0.25, -0.2) is 9.78 Å². The lowest BCUT2D eigenvalue weighted by molar-refractivity contribution is -0.384. The predicted octanol–water partition coefficient (Wildman–Crippen LogP) is 3.29. The molecule has 12 nitrogen and oxygen atoms in total. The van der Waals surface area contributed by atoms with Crippen molar-refractivity contribution >= 4 is 34.2 Å². The molecule has 0 unspecified atom stereocenters. The summed E-state index contributed by atoms with van der Waals surface area (Å²) in [6.07, 6.45) is 2.04. The molecule has 1 aromatic carbocycles. The monoisotopic (exact) mass is 533 g/mol. The van der Waals surface area contributed by atoms with Gasteiger partial charge in [0.1, 0.15) is 16.9 Å². The van der Waals surface area contributed by atoms with Crippen LogP contribution in [-0.2, 0) is 16.0 Å². The van der Waals surface area contributed by atoms with Crippen molar-refractivity contribution in [2.24, 2.45) is 4.99 Å². The Bertz CT molecular complexity index is 1690. The van der Waals surface area contributed by atoms with Gasteiger partial charge in [0.2, 0.25) is 0 Å². The SMILES string of the molecule is CCOC(=O)c1cc2c(=O)n3ccccc3nc2n(CCCOC(C)C)c1=NC(=O)c1ccc([N+](=O)[O-])cc1. The van der Waals surface area contributed by atoms with E-state index in [-0.39, 0.29) is 52.6 Å². The standard InChI is InChI=1S/C27H27N5O7/c1-4-38-27(35)21-16-20-23(28-22-8-5-6-13-30(22)26(20)34)31(14-7-15-39-17(2)3)24(21)29-25(33)18-9-11-19(12-10-18)32(36)37/h5-6,8-13,16-17H,4,7,14-15H2,1-3H3. The third-order valence-electron chi connectivity index (χ3n) is 5.79. The van der Waals surface area contributed by atoms with E-state index in [9.17, 15) is 24.5 Å². The highest BCUT2D eigenvalue weighted by molar-refractivity contribution is 5.97. The maximum absolute atomic E-state index is 13.4. The van der Waals surface area contributed by atoms with Crippen LogP contribution in [0.1, 0.15) is 47.9 Å².